The highest BCUT2D eigenvalue weighted by Crippen LogP contribution is 2.72. The molecule has 4 bridgehead atoms. The van der Waals surface area contributed by atoms with Crippen molar-refractivity contribution < 1.29 is 57.2 Å². The van der Waals surface area contributed by atoms with Crippen molar-refractivity contribution in [3.63, 3.8) is 0 Å². The molecule has 5 heterocycles. The van der Waals surface area contributed by atoms with Crippen molar-refractivity contribution >= 4 is 47.4 Å². The van der Waals surface area contributed by atoms with E-state index in [0.29, 0.717) is 68.5 Å². The minimum atomic E-state index is -1.54. The standard InChI is InChI=1S/C54H62N6O12/c1-27(61)55-47-51(15-17-53(71-31(5)65)39-23-35-11-13-37(67-29(3)63)43-41(35)49(53,45(51)69-43)19-21-59(39)25-33-7-8-33)58-48(56-47)52(57-28(2)62)16-18-54(72-32(6)66)40-24-36-12-14-38(68-30(4)64)44-42(36)50(54,46(52)70-44)20-22-60(40)26-34-9-10-34/h11-14,33-34,39-40,45-46H,7-10,15-26H2,1-6H3,(H,57,62)(H,55,56,58,61)/t39?,40?,45-,46-,49+,50+,51+,52+,53-,54-/m1/s1. The van der Waals surface area contributed by atoms with E-state index in [1.807, 2.05) is 12.1 Å². The highest BCUT2D eigenvalue weighted by atomic mass is 16.6. The van der Waals surface area contributed by atoms with E-state index < -0.39 is 75.1 Å². The van der Waals surface area contributed by atoms with Gasteiger partial charge in [0, 0.05) is 65.8 Å². The van der Waals surface area contributed by atoms with Crippen molar-refractivity contribution in [2.45, 2.75) is 176 Å². The Hall–Kier alpha value is -5.88. The molecular weight excluding hydrogens is 925 g/mol. The van der Waals surface area contributed by atoms with Crippen molar-refractivity contribution in [1.82, 2.24) is 20.4 Å². The molecule has 10 atom stereocenters. The van der Waals surface area contributed by atoms with Gasteiger partial charge in [-0.3, -0.25) is 38.6 Å². The van der Waals surface area contributed by atoms with Gasteiger partial charge in [-0.25, -0.2) is 9.98 Å². The number of piperidine rings is 2. The van der Waals surface area contributed by atoms with E-state index in [1.165, 1.54) is 41.5 Å². The van der Waals surface area contributed by atoms with Gasteiger partial charge in [-0.05, 0) is 125 Å². The Morgan fingerprint density at radius 1 is 0.625 bits per heavy atom. The molecule has 13 rings (SSSR count). The van der Waals surface area contributed by atoms with Gasteiger partial charge in [0.15, 0.2) is 34.4 Å². The fraction of sp³-hybridized carbons (Fsp3) is 0.630. The first-order valence-electron chi connectivity index (χ1n) is 26.1. The number of nitrogens with zero attached hydrogens (tertiary/aromatic N) is 4. The van der Waals surface area contributed by atoms with Crippen LogP contribution in [0.25, 0.3) is 0 Å². The van der Waals surface area contributed by atoms with Gasteiger partial charge in [-0.1, -0.05) is 12.1 Å². The van der Waals surface area contributed by atoms with Crippen LogP contribution in [0.4, 0.5) is 0 Å². The van der Waals surface area contributed by atoms with E-state index in [-0.39, 0.29) is 60.4 Å². The third-order valence-electron chi connectivity index (χ3n) is 18.8. The zero-order chi connectivity index (χ0) is 50.1. The Balaban J connectivity index is 1.03. The molecule has 0 radical (unpaired) electrons. The first-order valence-corrected chi connectivity index (χ1v) is 26.1. The number of aliphatic imine (C=N–C) groups is 2. The van der Waals surface area contributed by atoms with Crippen molar-refractivity contribution in [2.24, 2.45) is 21.8 Å². The molecule has 2 unspecified atom stereocenters. The number of ether oxygens (including phenoxy) is 6. The third kappa shape index (κ3) is 6.01. The molecule has 2 N–H and O–H groups in total. The number of carbonyl (C=O) groups excluding carboxylic acids is 6. The van der Waals surface area contributed by atoms with Gasteiger partial charge in [0.05, 0.1) is 22.9 Å². The van der Waals surface area contributed by atoms with Crippen LogP contribution in [0.15, 0.2) is 34.3 Å². The Labute approximate surface area is 417 Å². The highest BCUT2D eigenvalue weighted by molar-refractivity contribution is 6.16. The van der Waals surface area contributed by atoms with Gasteiger partial charge in [0.25, 0.3) is 0 Å². The lowest BCUT2D eigenvalue weighted by Gasteiger charge is -2.67. The van der Waals surface area contributed by atoms with Crippen LogP contribution < -0.4 is 29.6 Å². The van der Waals surface area contributed by atoms with Gasteiger partial charge in [0.1, 0.15) is 34.8 Å². The third-order valence-corrected chi connectivity index (χ3v) is 18.8. The fourth-order valence-electron chi connectivity index (χ4n) is 16.4. The monoisotopic (exact) mass is 986 g/mol. The molecule has 6 fully saturated rings. The summed E-state index contributed by atoms with van der Waals surface area (Å²) in [4.78, 5) is 97.2. The topological polar surface area (TPSA) is 213 Å². The molecule has 18 heteroatoms. The molecule has 18 nitrogen and oxygen atoms in total. The Bertz CT molecular complexity index is 2900. The smallest absolute Gasteiger partial charge is 0.308 e. The molecule has 6 aliphatic carbocycles. The van der Waals surface area contributed by atoms with Gasteiger partial charge < -0.3 is 39.1 Å². The molecule has 0 aromatic heterocycles. The van der Waals surface area contributed by atoms with E-state index in [2.05, 4.69) is 20.4 Å². The number of amides is 2. The highest BCUT2D eigenvalue weighted by Gasteiger charge is 2.82. The first-order chi connectivity index (χ1) is 34.4. The van der Waals surface area contributed by atoms with Crippen molar-refractivity contribution in [3.8, 4) is 23.0 Å². The number of likely N-dealkylation sites (tertiary alicyclic amines) is 2. The summed E-state index contributed by atoms with van der Waals surface area (Å²) < 4.78 is 40.4. The zero-order valence-electron chi connectivity index (χ0n) is 41.8. The number of hydrogen-bond donors (Lipinski definition) is 2. The van der Waals surface area contributed by atoms with Gasteiger partial charge in [-0.15, -0.1) is 0 Å². The Kier molecular flexibility index (Phi) is 9.79. The summed E-state index contributed by atoms with van der Waals surface area (Å²) in [6.07, 6.45) is 5.62. The van der Waals surface area contributed by atoms with E-state index >= 15 is 0 Å². The molecule has 2 amide bonds. The molecule has 380 valence electrons. The van der Waals surface area contributed by atoms with Crippen LogP contribution in [0.5, 0.6) is 23.0 Å². The second kappa shape index (κ2) is 15.3. The number of esters is 4. The molecule has 2 aromatic carbocycles. The lowest BCUT2D eigenvalue weighted by molar-refractivity contribution is -0.223. The summed E-state index contributed by atoms with van der Waals surface area (Å²) in [5.74, 6) is -0.0537. The molecule has 72 heavy (non-hydrogen) atoms. The molecule has 3 spiro atoms. The van der Waals surface area contributed by atoms with Crippen molar-refractivity contribution in [1.29, 1.82) is 0 Å². The Morgan fingerprint density at radius 3 is 1.60 bits per heavy atom. The number of rotatable bonds is 10. The fourth-order valence-corrected chi connectivity index (χ4v) is 16.4. The van der Waals surface area contributed by atoms with Crippen molar-refractivity contribution in [3.05, 3.63) is 46.5 Å². The predicted molar refractivity (Wildman–Crippen MR) is 256 cm³/mol. The number of benzene rings is 2. The minimum absolute atomic E-state index is 0.158. The maximum atomic E-state index is 14.2. The van der Waals surface area contributed by atoms with Crippen LogP contribution in [-0.2, 0) is 61.9 Å². The summed E-state index contributed by atoms with van der Waals surface area (Å²) in [5, 5.41) is 6.49. The average molecular weight is 987 g/mol. The van der Waals surface area contributed by atoms with E-state index in [9.17, 15) is 28.8 Å². The van der Waals surface area contributed by atoms with E-state index in [0.717, 1.165) is 61.0 Å². The Morgan fingerprint density at radius 2 is 1.12 bits per heavy atom. The average Bonchev–Trinajstić information content (AvgIpc) is 4.20. The number of nitrogens with one attached hydrogen (secondary N) is 2. The maximum Gasteiger partial charge on any atom is 0.308 e. The van der Waals surface area contributed by atoms with E-state index in [4.69, 9.17) is 38.4 Å². The summed E-state index contributed by atoms with van der Waals surface area (Å²) >= 11 is 0. The molecule has 4 saturated carbocycles. The number of amidine groups is 2. The molecule has 2 saturated heterocycles. The van der Waals surface area contributed by atoms with Crippen LogP contribution in [-0.4, -0.2) is 130 Å². The van der Waals surface area contributed by atoms with Crippen LogP contribution in [0.2, 0.25) is 0 Å². The number of fused-ring (bicyclic) bond motifs is 1. The molecule has 2 aromatic rings. The summed E-state index contributed by atoms with van der Waals surface area (Å²) in [5.41, 5.74) is -3.90. The normalized spacial score (nSPS) is 36.9. The minimum Gasteiger partial charge on any atom is -0.482 e. The van der Waals surface area contributed by atoms with E-state index in [1.54, 1.807) is 12.1 Å². The molecular formula is C54H62N6O12. The maximum absolute atomic E-state index is 14.2. The van der Waals surface area contributed by atoms with Crippen LogP contribution in [0, 0.1) is 11.8 Å². The van der Waals surface area contributed by atoms with Crippen LogP contribution in [0.1, 0.15) is 128 Å². The summed E-state index contributed by atoms with van der Waals surface area (Å²) in [7, 11) is 0. The lowest BCUT2D eigenvalue weighted by Crippen LogP contribution is -2.83. The zero-order valence-corrected chi connectivity index (χ0v) is 41.8. The molecule has 5 aliphatic heterocycles. The van der Waals surface area contributed by atoms with Gasteiger partial charge in [-0.2, -0.15) is 0 Å². The second-order valence-electron chi connectivity index (χ2n) is 22.9. The van der Waals surface area contributed by atoms with Gasteiger partial charge >= 0.3 is 23.9 Å². The molecule has 11 aliphatic rings. The van der Waals surface area contributed by atoms with Gasteiger partial charge in [0.2, 0.25) is 11.8 Å². The van der Waals surface area contributed by atoms with Crippen LogP contribution in [0.3, 0.4) is 0 Å². The summed E-state index contributed by atoms with van der Waals surface area (Å²) in [6.45, 7) is 11.5. The SMILES string of the molecule is CC(=O)NC1=NC([C@]2(NC(C)=O)CC[C@@]3(OC(C)=O)C4Cc5ccc(OC(C)=O)c6c5[C@@]3(CCN4CC3CC3)[C@H]2O6)=N[C@]12CC[C@@]1(OC(C)=O)C3Cc4ccc(OC(C)=O)c5c4[C@@]1(CCN3CC1CC1)[C@H]2O5. The number of carbonyl (C=O) groups is 6. The first kappa shape index (κ1) is 45.9. The second-order valence-corrected chi connectivity index (χ2v) is 22.9. The quantitative estimate of drug-likeness (QED) is 0.254. The van der Waals surface area contributed by atoms with Crippen molar-refractivity contribution in [2.75, 3.05) is 26.2 Å². The van der Waals surface area contributed by atoms with Crippen LogP contribution >= 0.6 is 0 Å². The summed E-state index contributed by atoms with van der Waals surface area (Å²) in [6, 6.07) is 7.04. The lowest BCUT2D eigenvalue weighted by atomic mass is 9.45. The predicted octanol–water partition coefficient (Wildman–Crippen LogP) is 4.07. The largest absolute Gasteiger partial charge is 0.482 e. The number of hydrogen-bond acceptors (Lipinski definition) is 16.